The molecule has 0 fully saturated rings. The number of rotatable bonds is 8. The lowest BCUT2D eigenvalue weighted by Gasteiger charge is -2.14. The van der Waals surface area contributed by atoms with Gasteiger partial charge in [0.1, 0.15) is 5.75 Å². The molecule has 3 aromatic carbocycles. The number of halogens is 4. The predicted octanol–water partition coefficient (Wildman–Crippen LogP) is 7.43. The summed E-state index contributed by atoms with van der Waals surface area (Å²) < 4.78 is 42.5. The largest absolute Gasteiger partial charge is 0.573 e. The van der Waals surface area contributed by atoms with E-state index in [9.17, 15) is 18.0 Å². The molecule has 42 heavy (non-hydrogen) atoms. The molecule has 8 nitrogen and oxygen atoms in total. The van der Waals surface area contributed by atoms with Crippen LogP contribution < -0.4 is 20.8 Å². The number of carbonyl (C=O) groups is 1. The Kier molecular flexibility index (Phi) is 9.48. The van der Waals surface area contributed by atoms with Crippen molar-refractivity contribution in [3.05, 3.63) is 100 Å². The second kappa shape index (κ2) is 13.0. The number of aryl methyl sites for hydroxylation is 1. The molecule has 0 saturated heterocycles. The van der Waals surface area contributed by atoms with Gasteiger partial charge in [-0.05, 0) is 78.7 Å². The molecule has 0 aliphatic carbocycles. The number of carbonyl (C=O) groups excluding carboxylic acids is 1. The monoisotopic (exact) mass is 614 g/mol. The number of hydrogen-bond acceptors (Lipinski definition) is 5. The van der Waals surface area contributed by atoms with Crippen LogP contribution in [0.4, 0.5) is 24.5 Å². The summed E-state index contributed by atoms with van der Waals surface area (Å²) in [7, 11) is 0. The van der Waals surface area contributed by atoms with Gasteiger partial charge in [0, 0.05) is 11.3 Å². The van der Waals surface area contributed by atoms with Crippen molar-refractivity contribution >= 4 is 52.4 Å². The van der Waals surface area contributed by atoms with Crippen LogP contribution >= 0.6 is 23.8 Å². The summed E-state index contributed by atoms with van der Waals surface area (Å²) in [5, 5.41) is 15.2. The van der Waals surface area contributed by atoms with Crippen molar-refractivity contribution < 1.29 is 22.7 Å². The molecular formula is C29H26ClF3N6O2S. The summed E-state index contributed by atoms with van der Waals surface area (Å²) in [6.07, 6.45) is -1.66. The van der Waals surface area contributed by atoms with Gasteiger partial charge in [0.25, 0.3) is 5.91 Å². The van der Waals surface area contributed by atoms with Crippen molar-refractivity contribution in [1.82, 2.24) is 15.2 Å². The topological polar surface area (TPSA) is 92.6 Å². The average molecular weight is 615 g/mol. The van der Waals surface area contributed by atoms with Crippen molar-refractivity contribution in [2.75, 3.05) is 10.6 Å². The molecular weight excluding hydrogens is 589 g/mol. The van der Waals surface area contributed by atoms with E-state index < -0.39 is 18.0 Å². The highest BCUT2D eigenvalue weighted by Gasteiger charge is 2.31. The third-order valence-electron chi connectivity index (χ3n) is 5.93. The van der Waals surface area contributed by atoms with Gasteiger partial charge in [-0.1, -0.05) is 49.7 Å². The number of aromatic nitrogens is 2. The van der Waals surface area contributed by atoms with E-state index >= 15 is 0 Å². The van der Waals surface area contributed by atoms with Gasteiger partial charge in [0.05, 0.1) is 34.5 Å². The van der Waals surface area contributed by atoms with Crippen LogP contribution in [-0.2, 0) is 0 Å². The summed E-state index contributed by atoms with van der Waals surface area (Å²) >= 11 is 11.9. The van der Waals surface area contributed by atoms with E-state index in [-0.39, 0.29) is 5.56 Å². The molecule has 4 aromatic rings. The van der Waals surface area contributed by atoms with Gasteiger partial charge in [0.15, 0.2) is 5.11 Å². The fourth-order valence-corrected chi connectivity index (χ4v) is 4.37. The molecule has 0 radical (unpaired) electrons. The minimum atomic E-state index is -4.82. The zero-order valence-electron chi connectivity index (χ0n) is 22.7. The van der Waals surface area contributed by atoms with Crippen LogP contribution in [0.1, 0.15) is 46.9 Å². The molecule has 0 aliphatic heterocycles. The SMILES string of the molecule is Cc1nn(-c2ccc(/C=N/NC(=S)Nc3ccccc3C(C)C)cc2Cl)cc1NC(=O)c1ccc(OC(F)(F)F)cc1. The normalized spacial score (nSPS) is 11.5. The van der Waals surface area contributed by atoms with Crippen LogP contribution in [0.2, 0.25) is 5.02 Å². The number of hydrogen-bond donors (Lipinski definition) is 3. The smallest absolute Gasteiger partial charge is 0.406 e. The summed E-state index contributed by atoms with van der Waals surface area (Å²) in [5.74, 6) is -0.621. The fraction of sp³-hybridized carbons (Fsp3) is 0.172. The van der Waals surface area contributed by atoms with Crippen molar-refractivity contribution in [1.29, 1.82) is 0 Å². The fourth-order valence-electron chi connectivity index (χ4n) is 3.93. The maximum atomic E-state index is 12.6. The quantitative estimate of drug-likeness (QED) is 0.109. The van der Waals surface area contributed by atoms with Gasteiger partial charge in [-0.25, -0.2) is 4.68 Å². The first-order chi connectivity index (χ1) is 19.9. The summed E-state index contributed by atoms with van der Waals surface area (Å²) in [4.78, 5) is 12.6. The van der Waals surface area contributed by atoms with Crippen molar-refractivity contribution in [3.63, 3.8) is 0 Å². The van der Waals surface area contributed by atoms with Crippen LogP contribution in [0.15, 0.2) is 78.0 Å². The molecule has 0 bridgehead atoms. The van der Waals surface area contributed by atoms with Gasteiger partial charge >= 0.3 is 6.36 Å². The van der Waals surface area contributed by atoms with Crippen LogP contribution in [0.5, 0.6) is 5.75 Å². The highest BCUT2D eigenvalue weighted by atomic mass is 35.5. The lowest BCUT2D eigenvalue weighted by atomic mass is 10.0. The van der Waals surface area contributed by atoms with Gasteiger partial charge in [0.2, 0.25) is 0 Å². The maximum absolute atomic E-state index is 12.6. The molecule has 1 heterocycles. The number of thiocarbonyl (C=S) groups is 1. The second-order valence-corrected chi connectivity index (χ2v) is 10.2. The first kappa shape index (κ1) is 30.5. The number of ether oxygens (including phenoxy) is 1. The second-order valence-electron chi connectivity index (χ2n) is 9.38. The van der Waals surface area contributed by atoms with Crippen molar-refractivity contribution in [3.8, 4) is 11.4 Å². The van der Waals surface area contributed by atoms with E-state index in [0.717, 1.165) is 23.4 Å². The Hall–Kier alpha value is -4.42. The van der Waals surface area contributed by atoms with Gasteiger partial charge < -0.3 is 15.4 Å². The van der Waals surface area contributed by atoms with Gasteiger partial charge in [-0.3, -0.25) is 10.2 Å². The van der Waals surface area contributed by atoms with E-state index in [0.29, 0.717) is 38.7 Å². The highest BCUT2D eigenvalue weighted by molar-refractivity contribution is 7.80. The minimum Gasteiger partial charge on any atom is -0.406 e. The van der Waals surface area contributed by atoms with Crippen LogP contribution in [-0.4, -0.2) is 33.4 Å². The van der Waals surface area contributed by atoms with E-state index in [4.69, 9.17) is 23.8 Å². The van der Waals surface area contributed by atoms with E-state index in [1.165, 1.54) is 16.8 Å². The number of benzene rings is 3. The van der Waals surface area contributed by atoms with Crippen LogP contribution in [0, 0.1) is 6.92 Å². The van der Waals surface area contributed by atoms with Crippen molar-refractivity contribution in [2.24, 2.45) is 5.10 Å². The van der Waals surface area contributed by atoms with E-state index in [1.54, 1.807) is 37.5 Å². The van der Waals surface area contributed by atoms with Crippen LogP contribution in [0.3, 0.4) is 0 Å². The summed E-state index contributed by atoms with van der Waals surface area (Å²) in [5.41, 5.74) is 7.16. The molecule has 0 unspecified atom stereocenters. The standard InChI is InChI=1S/C29H26ClF3N6O2S/c1-17(2)22-6-4-5-7-24(22)36-28(42)37-34-15-19-8-13-26(23(30)14-19)39-16-25(18(3)38-39)35-27(40)20-9-11-21(12-10-20)41-29(31,32)33/h4-17H,1-3H3,(H,35,40)(H2,36,37,42)/b34-15+. The summed E-state index contributed by atoms with van der Waals surface area (Å²) in [6.45, 7) is 5.91. The van der Waals surface area contributed by atoms with E-state index in [1.807, 2.05) is 24.3 Å². The number of hydrazone groups is 1. The lowest BCUT2D eigenvalue weighted by Crippen LogP contribution is -2.24. The Bertz CT molecular complexity index is 1620. The van der Waals surface area contributed by atoms with Crippen molar-refractivity contribution in [2.45, 2.75) is 33.1 Å². The molecule has 3 N–H and O–H groups in total. The zero-order valence-corrected chi connectivity index (χ0v) is 24.2. The molecule has 1 amide bonds. The number of para-hydroxylation sites is 1. The molecule has 0 spiro atoms. The Labute approximate surface area is 250 Å². The zero-order chi connectivity index (χ0) is 30.4. The number of nitrogens with one attached hydrogen (secondary N) is 3. The first-order valence-electron chi connectivity index (χ1n) is 12.6. The van der Waals surface area contributed by atoms with Gasteiger partial charge in [-0.15, -0.1) is 13.2 Å². The van der Waals surface area contributed by atoms with Crippen LogP contribution in [0.25, 0.3) is 5.69 Å². The molecule has 0 atom stereocenters. The number of alkyl halides is 3. The Morgan fingerprint density at radius 1 is 1.07 bits per heavy atom. The molecule has 0 saturated carbocycles. The Morgan fingerprint density at radius 2 is 1.79 bits per heavy atom. The first-order valence-corrected chi connectivity index (χ1v) is 13.4. The molecule has 13 heteroatoms. The number of anilines is 2. The third kappa shape index (κ3) is 8.08. The third-order valence-corrected chi connectivity index (χ3v) is 6.42. The number of nitrogens with zero attached hydrogens (tertiary/aromatic N) is 3. The average Bonchev–Trinajstić information content (AvgIpc) is 3.27. The lowest BCUT2D eigenvalue weighted by molar-refractivity contribution is -0.274. The number of amides is 1. The molecule has 0 aliphatic rings. The Morgan fingerprint density at radius 3 is 2.45 bits per heavy atom. The predicted molar refractivity (Wildman–Crippen MR) is 162 cm³/mol. The summed E-state index contributed by atoms with van der Waals surface area (Å²) in [6, 6.07) is 17.7. The van der Waals surface area contributed by atoms with E-state index in [2.05, 4.69) is 44.8 Å². The molecule has 218 valence electrons. The Balaban J connectivity index is 1.38. The molecule has 1 aromatic heterocycles. The minimum absolute atomic E-state index is 0.144. The van der Waals surface area contributed by atoms with Gasteiger partial charge in [-0.2, -0.15) is 10.2 Å². The maximum Gasteiger partial charge on any atom is 0.573 e. The molecule has 4 rings (SSSR count). The highest BCUT2D eigenvalue weighted by Crippen LogP contribution is 2.26.